The fraction of sp³-hybridized carbons (Fsp3) is 0.364. The van der Waals surface area contributed by atoms with Crippen molar-refractivity contribution in [2.75, 3.05) is 31.2 Å². The van der Waals surface area contributed by atoms with Gasteiger partial charge in [0.05, 0.1) is 25.0 Å². The SMILES string of the molecule is NC(=O)c1cnn(-c2nc(Cl)nc(N3CCOCC3)n2)c1. The van der Waals surface area contributed by atoms with Crippen molar-refractivity contribution in [3.63, 3.8) is 0 Å². The van der Waals surface area contributed by atoms with Crippen LogP contribution in [-0.2, 0) is 4.74 Å². The lowest BCUT2D eigenvalue weighted by Gasteiger charge is -2.26. The topological polar surface area (TPSA) is 112 Å². The van der Waals surface area contributed by atoms with E-state index in [0.717, 1.165) is 0 Å². The van der Waals surface area contributed by atoms with Crippen molar-refractivity contribution < 1.29 is 9.53 Å². The van der Waals surface area contributed by atoms with E-state index in [0.29, 0.717) is 32.3 Å². The monoisotopic (exact) mass is 309 g/mol. The summed E-state index contributed by atoms with van der Waals surface area (Å²) >= 11 is 5.94. The number of anilines is 1. The molecule has 1 aliphatic heterocycles. The number of hydrogen-bond donors (Lipinski definition) is 1. The molecular formula is C11H12ClN7O2. The Labute approximate surface area is 124 Å². The van der Waals surface area contributed by atoms with Crippen molar-refractivity contribution in [1.82, 2.24) is 24.7 Å². The molecule has 21 heavy (non-hydrogen) atoms. The molecule has 0 saturated carbocycles. The van der Waals surface area contributed by atoms with Crippen LogP contribution in [0.3, 0.4) is 0 Å². The minimum Gasteiger partial charge on any atom is -0.378 e. The van der Waals surface area contributed by atoms with Gasteiger partial charge in [-0.1, -0.05) is 0 Å². The standard InChI is InChI=1S/C11H12ClN7O2/c12-9-15-10(18-1-3-21-4-2-18)17-11(16-9)19-6-7(5-14-19)8(13)20/h5-6H,1-4H2,(H2,13,20). The van der Waals surface area contributed by atoms with E-state index in [1.165, 1.54) is 17.1 Å². The Hall–Kier alpha value is -2.26. The summed E-state index contributed by atoms with van der Waals surface area (Å²) in [4.78, 5) is 25.5. The summed E-state index contributed by atoms with van der Waals surface area (Å²) in [5, 5.41) is 4.05. The van der Waals surface area contributed by atoms with Crippen LogP contribution in [-0.4, -0.2) is 56.9 Å². The summed E-state index contributed by atoms with van der Waals surface area (Å²) < 4.78 is 6.61. The Morgan fingerprint density at radius 1 is 1.24 bits per heavy atom. The van der Waals surface area contributed by atoms with E-state index < -0.39 is 5.91 Å². The molecule has 1 saturated heterocycles. The molecule has 2 aromatic rings. The summed E-state index contributed by atoms with van der Waals surface area (Å²) in [6, 6.07) is 0. The Morgan fingerprint density at radius 3 is 2.62 bits per heavy atom. The van der Waals surface area contributed by atoms with Crippen LogP contribution in [0.15, 0.2) is 12.4 Å². The Balaban J connectivity index is 1.94. The predicted molar refractivity (Wildman–Crippen MR) is 73.5 cm³/mol. The fourth-order valence-electron chi connectivity index (χ4n) is 1.90. The molecule has 110 valence electrons. The number of amides is 1. The van der Waals surface area contributed by atoms with E-state index in [9.17, 15) is 4.79 Å². The number of rotatable bonds is 3. The van der Waals surface area contributed by atoms with Crippen molar-refractivity contribution in [2.45, 2.75) is 0 Å². The zero-order valence-corrected chi connectivity index (χ0v) is 11.7. The number of morpholine rings is 1. The lowest BCUT2D eigenvalue weighted by Crippen LogP contribution is -2.37. The van der Waals surface area contributed by atoms with Crippen molar-refractivity contribution in [3.05, 3.63) is 23.2 Å². The number of ether oxygens (including phenoxy) is 1. The molecule has 10 heteroatoms. The van der Waals surface area contributed by atoms with Crippen LogP contribution in [0.25, 0.3) is 5.95 Å². The average Bonchev–Trinajstić information content (AvgIpc) is 2.98. The molecule has 0 atom stereocenters. The number of carbonyl (C=O) groups excluding carboxylic acids is 1. The van der Waals surface area contributed by atoms with E-state index in [4.69, 9.17) is 22.1 Å². The van der Waals surface area contributed by atoms with Gasteiger partial charge in [0.15, 0.2) is 0 Å². The lowest BCUT2D eigenvalue weighted by atomic mass is 10.4. The summed E-state index contributed by atoms with van der Waals surface area (Å²) in [6.45, 7) is 2.55. The molecular weight excluding hydrogens is 298 g/mol. The first-order chi connectivity index (χ1) is 10.1. The molecule has 1 amide bonds. The van der Waals surface area contributed by atoms with Crippen LogP contribution in [0.1, 0.15) is 10.4 Å². The molecule has 2 N–H and O–H groups in total. The van der Waals surface area contributed by atoms with E-state index in [2.05, 4.69) is 20.1 Å². The summed E-state index contributed by atoms with van der Waals surface area (Å²) in [5.74, 6) is 0.100. The molecule has 9 nitrogen and oxygen atoms in total. The molecule has 0 unspecified atom stereocenters. The normalized spacial score (nSPS) is 15.2. The maximum Gasteiger partial charge on any atom is 0.256 e. The molecule has 3 rings (SSSR count). The molecule has 2 aromatic heterocycles. The van der Waals surface area contributed by atoms with E-state index >= 15 is 0 Å². The second kappa shape index (κ2) is 5.62. The summed E-state index contributed by atoms with van der Waals surface area (Å²) in [5.41, 5.74) is 5.45. The molecule has 1 aliphatic rings. The van der Waals surface area contributed by atoms with Crippen molar-refractivity contribution in [2.24, 2.45) is 5.73 Å². The number of carbonyl (C=O) groups is 1. The van der Waals surface area contributed by atoms with Crippen molar-refractivity contribution in [3.8, 4) is 5.95 Å². The molecule has 0 aromatic carbocycles. The number of aromatic nitrogens is 5. The first kappa shape index (κ1) is 13.7. The highest BCUT2D eigenvalue weighted by atomic mass is 35.5. The first-order valence-electron chi connectivity index (χ1n) is 6.22. The zero-order chi connectivity index (χ0) is 14.8. The first-order valence-corrected chi connectivity index (χ1v) is 6.60. The van der Waals surface area contributed by atoms with Crippen LogP contribution in [0.5, 0.6) is 0 Å². The van der Waals surface area contributed by atoms with Gasteiger partial charge in [-0.25, -0.2) is 4.68 Å². The maximum absolute atomic E-state index is 11.1. The molecule has 1 fully saturated rings. The number of hydrogen-bond acceptors (Lipinski definition) is 7. The quantitative estimate of drug-likeness (QED) is 0.824. The van der Waals surface area contributed by atoms with Crippen molar-refractivity contribution >= 4 is 23.5 Å². The second-order valence-corrected chi connectivity index (χ2v) is 4.68. The number of primary amides is 1. The number of halogens is 1. The van der Waals surface area contributed by atoms with Gasteiger partial charge in [-0.2, -0.15) is 20.1 Å². The number of nitrogens with two attached hydrogens (primary N) is 1. The van der Waals surface area contributed by atoms with Gasteiger partial charge in [0, 0.05) is 19.3 Å². The molecule has 3 heterocycles. The molecule has 0 aliphatic carbocycles. The zero-order valence-electron chi connectivity index (χ0n) is 10.9. The molecule has 0 radical (unpaired) electrons. The van der Waals surface area contributed by atoms with Crippen LogP contribution in [0.2, 0.25) is 5.28 Å². The third kappa shape index (κ3) is 2.93. The van der Waals surface area contributed by atoms with Gasteiger partial charge in [-0.05, 0) is 11.6 Å². The maximum atomic E-state index is 11.1. The third-order valence-corrected chi connectivity index (χ3v) is 3.12. The number of nitrogens with zero attached hydrogens (tertiary/aromatic N) is 6. The Morgan fingerprint density at radius 2 is 1.95 bits per heavy atom. The minimum absolute atomic E-state index is 0.0533. The fourth-order valence-corrected chi connectivity index (χ4v) is 2.05. The Bertz CT molecular complexity index is 668. The van der Waals surface area contributed by atoms with Crippen LogP contribution in [0.4, 0.5) is 5.95 Å². The van der Waals surface area contributed by atoms with Crippen molar-refractivity contribution in [1.29, 1.82) is 0 Å². The van der Waals surface area contributed by atoms with Crippen LogP contribution >= 0.6 is 11.6 Å². The third-order valence-electron chi connectivity index (χ3n) is 2.95. The van der Waals surface area contributed by atoms with E-state index in [1.54, 1.807) is 0 Å². The lowest BCUT2D eigenvalue weighted by molar-refractivity contribution is 0.100. The van der Waals surface area contributed by atoms with Gasteiger partial charge in [-0.3, -0.25) is 4.79 Å². The van der Waals surface area contributed by atoms with Crippen LogP contribution < -0.4 is 10.6 Å². The highest BCUT2D eigenvalue weighted by molar-refractivity contribution is 6.28. The minimum atomic E-state index is -0.574. The van der Waals surface area contributed by atoms with E-state index in [-0.39, 0.29) is 16.8 Å². The summed E-state index contributed by atoms with van der Waals surface area (Å²) in [7, 11) is 0. The van der Waals surface area contributed by atoms with Gasteiger partial charge in [0.1, 0.15) is 0 Å². The van der Waals surface area contributed by atoms with Gasteiger partial charge in [-0.15, -0.1) is 0 Å². The van der Waals surface area contributed by atoms with Gasteiger partial charge < -0.3 is 15.4 Å². The average molecular weight is 310 g/mol. The van der Waals surface area contributed by atoms with Gasteiger partial charge in [0.25, 0.3) is 11.9 Å². The van der Waals surface area contributed by atoms with Crippen LogP contribution in [0, 0.1) is 0 Å². The largest absolute Gasteiger partial charge is 0.378 e. The molecule has 0 spiro atoms. The Kier molecular flexibility index (Phi) is 3.67. The second-order valence-electron chi connectivity index (χ2n) is 4.34. The van der Waals surface area contributed by atoms with Gasteiger partial charge >= 0.3 is 0 Å². The smallest absolute Gasteiger partial charge is 0.256 e. The highest BCUT2D eigenvalue weighted by Crippen LogP contribution is 2.14. The highest BCUT2D eigenvalue weighted by Gasteiger charge is 2.17. The van der Waals surface area contributed by atoms with E-state index in [1.807, 2.05) is 4.90 Å². The molecule has 0 bridgehead atoms. The predicted octanol–water partition coefficient (Wildman–Crippen LogP) is -0.354. The van der Waals surface area contributed by atoms with Gasteiger partial charge in [0.2, 0.25) is 11.2 Å². The summed E-state index contributed by atoms with van der Waals surface area (Å²) in [6.07, 6.45) is 2.78.